The van der Waals surface area contributed by atoms with E-state index in [1.165, 1.54) is 10.6 Å². The van der Waals surface area contributed by atoms with Crippen molar-refractivity contribution in [3.63, 3.8) is 0 Å². The van der Waals surface area contributed by atoms with Crippen LogP contribution in [0, 0.1) is 36.2 Å². The summed E-state index contributed by atoms with van der Waals surface area (Å²) in [5.74, 6) is -1.90. The molecule has 180 valence electrons. The third-order valence-corrected chi connectivity index (χ3v) is 7.62. The van der Waals surface area contributed by atoms with E-state index in [0.29, 0.717) is 29.0 Å². The van der Waals surface area contributed by atoms with Crippen LogP contribution >= 0.6 is 0 Å². The van der Waals surface area contributed by atoms with E-state index in [9.17, 15) is 13.2 Å². The van der Waals surface area contributed by atoms with Gasteiger partial charge in [0.1, 0.15) is 12.1 Å². The molecule has 35 heavy (non-hydrogen) atoms. The normalized spacial score (nSPS) is 23.7. The molecule has 0 spiro atoms. The molecule has 3 aromatic heterocycles. The summed E-state index contributed by atoms with van der Waals surface area (Å²) in [4.78, 5) is 15.6. The zero-order valence-corrected chi connectivity index (χ0v) is 19.3. The summed E-state index contributed by atoms with van der Waals surface area (Å²) in [5.41, 5.74) is 1.36. The lowest BCUT2D eigenvalue weighted by Gasteiger charge is -2.46. The van der Waals surface area contributed by atoms with E-state index in [4.69, 9.17) is 0 Å². The largest absolute Gasteiger partial charge is 0.356 e. The summed E-state index contributed by atoms with van der Waals surface area (Å²) in [7, 11) is 0. The highest BCUT2D eigenvalue weighted by Crippen LogP contribution is 2.47. The number of benzene rings is 1. The second-order valence-corrected chi connectivity index (χ2v) is 9.65. The highest BCUT2D eigenvalue weighted by Gasteiger charge is 2.51. The maximum atomic E-state index is 14.5. The first-order valence-electron chi connectivity index (χ1n) is 11.6. The van der Waals surface area contributed by atoms with Crippen LogP contribution in [0.15, 0.2) is 42.9 Å². The molecule has 4 aromatic rings. The first kappa shape index (κ1) is 21.8. The number of fused-ring (bicyclic) bond motifs is 3. The molecule has 0 amide bonds. The van der Waals surface area contributed by atoms with Crippen molar-refractivity contribution in [1.29, 1.82) is 0 Å². The van der Waals surface area contributed by atoms with Gasteiger partial charge in [-0.05, 0) is 62.8 Å². The summed E-state index contributed by atoms with van der Waals surface area (Å²) in [6, 6.07) is 7.44. The predicted octanol–water partition coefficient (Wildman–Crippen LogP) is 4.63. The molecule has 10 heteroatoms. The van der Waals surface area contributed by atoms with E-state index >= 15 is 0 Å². The lowest BCUT2D eigenvalue weighted by molar-refractivity contribution is 0.261. The second kappa shape index (κ2) is 7.93. The molecule has 1 aliphatic carbocycles. The first-order valence-corrected chi connectivity index (χ1v) is 11.6. The molecule has 0 radical (unpaired) electrons. The van der Waals surface area contributed by atoms with Gasteiger partial charge in [0.15, 0.2) is 23.1 Å². The number of aromatic nitrogens is 5. The first-order chi connectivity index (χ1) is 16.8. The lowest BCUT2D eigenvalue weighted by atomic mass is 9.78. The van der Waals surface area contributed by atoms with Gasteiger partial charge in [-0.25, -0.2) is 27.7 Å². The summed E-state index contributed by atoms with van der Waals surface area (Å²) >= 11 is 0. The van der Waals surface area contributed by atoms with E-state index in [-0.39, 0.29) is 11.1 Å². The van der Waals surface area contributed by atoms with Gasteiger partial charge in [0.2, 0.25) is 5.95 Å². The summed E-state index contributed by atoms with van der Waals surface area (Å²) in [6.45, 7) is 5.88. The fourth-order valence-electron chi connectivity index (χ4n) is 5.65. The van der Waals surface area contributed by atoms with Crippen molar-refractivity contribution < 1.29 is 13.2 Å². The number of halogens is 3. The Morgan fingerprint density at radius 3 is 2.51 bits per heavy atom. The Morgan fingerprint density at radius 1 is 1.00 bits per heavy atom. The van der Waals surface area contributed by atoms with Crippen molar-refractivity contribution in [3.8, 4) is 11.1 Å². The SMILES string of the molecule is Cc1cc(N2C[C@H]3CC[C@@H](C2)C3(C)Nc2nc3c(-c4ccc(F)c(F)c4F)cccn3n2)ncn1. The van der Waals surface area contributed by atoms with Gasteiger partial charge in [-0.2, -0.15) is 4.98 Å². The molecule has 2 bridgehead atoms. The van der Waals surface area contributed by atoms with E-state index in [1.807, 2.05) is 13.0 Å². The summed E-state index contributed by atoms with van der Waals surface area (Å²) in [5, 5.41) is 8.14. The zero-order chi connectivity index (χ0) is 24.3. The Morgan fingerprint density at radius 2 is 1.77 bits per heavy atom. The maximum Gasteiger partial charge on any atom is 0.243 e. The fraction of sp³-hybridized carbons (Fsp3) is 0.360. The molecule has 1 unspecified atom stereocenters. The highest BCUT2D eigenvalue weighted by atomic mass is 19.2. The number of pyridine rings is 1. The molecule has 4 heterocycles. The number of hydrogen-bond donors (Lipinski definition) is 1. The Balaban J connectivity index is 1.31. The molecule has 1 saturated heterocycles. The van der Waals surface area contributed by atoms with E-state index in [1.54, 1.807) is 24.7 Å². The third kappa shape index (κ3) is 3.50. The van der Waals surface area contributed by atoms with Crippen molar-refractivity contribution in [2.24, 2.45) is 11.8 Å². The van der Waals surface area contributed by atoms with Gasteiger partial charge in [0, 0.05) is 47.7 Å². The molecule has 2 fully saturated rings. The van der Waals surface area contributed by atoms with Gasteiger partial charge in [0.25, 0.3) is 0 Å². The van der Waals surface area contributed by atoms with Crippen LogP contribution in [-0.2, 0) is 0 Å². The Hall–Kier alpha value is -3.69. The minimum Gasteiger partial charge on any atom is -0.356 e. The molecule has 1 aliphatic heterocycles. The molecule has 1 N–H and O–H groups in total. The van der Waals surface area contributed by atoms with E-state index in [0.717, 1.165) is 43.5 Å². The van der Waals surface area contributed by atoms with E-state index < -0.39 is 17.5 Å². The molecule has 2 aliphatic rings. The quantitative estimate of drug-likeness (QED) is 0.431. The standard InChI is InChI=1S/C25H24F3N7/c1-14-10-20(30-13-29-14)34-11-15-5-6-16(12-34)25(15,2)32-24-31-23-18(4-3-9-35(23)33-24)17-7-8-19(26)22(28)21(17)27/h3-4,7-10,13,15-16H,5-6,11-12H2,1-2H3,(H,32,33)/t15-,16+,25?. The van der Waals surface area contributed by atoms with Gasteiger partial charge in [-0.3, -0.25) is 0 Å². The number of piperidine rings is 1. The topological polar surface area (TPSA) is 71.2 Å². The molecular formula is C25H24F3N7. The van der Waals surface area contributed by atoms with Crippen LogP contribution in [0.1, 0.15) is 25.5 Å². The Kier molecular flexibility index (Phi) is 4.94. The van der Waals surface area contributed by atoms with Gasteiger partial charge in [0.05, 0.1) is 0 Å². The smallest absolute Gasteiger partial charge is 0.243 e. The lowest BCUT2D eigenvalue weighted by Crippen LogP contribution is -2.56. The Labute approximate surface area is 200 Å². The van der Waals surface area contributed by atoms with E-state index in [2.05, 4.69) is 37.2 Å². The number of nitrogens with one attached hydrogen (secondary N) is 1. The van der Waals surface area contributed by atoms with Crippen molar-refractivity contribution >= 4 is 17.4 Å². The van der Waals surface area contributed by atoms with Gasteiger partial charge in [-0.15, -0.1) is 5.10 Å². The van der Waals surface area contributed by atoms with Crippen LogP contribution in [0.25, 0.3) is 16.8 Å². The van der Waals surface area contributed by atoms with Crippen molar-refractivity contribution in [3.05, 3.63) is 66.0 Å². The van der Waals surface area contributed by atoms with Crippen LogP contribution in [-0.4, -0.2) is 43.2 Å². The fourth-order valence-corrected chi connectivity index (χ4v) is 5.65. The van der Waals surface area contributed by atoms with Crippen molar-refractivity contribution in [2.45, 2.75) is 32.2 Å². The van der Waals surface area contributed by atoms with Crippen LogP contribution in [0.4, 0.5) is 24.9 Å². The number of rotatable bonds is 4. The van der Waals surface area contributed by atoms with Crippen molar-refractivity contribution in [2.75, 3.05) is 23.3 Å². The van der Waals surface area contributed by atoms with Gasteiger partial charge >= 0.3 is 0 Å². The molecule has 6 rings (SSSR count). The number of anilines is 2. The van der Waals surface area contributed by atoms with Crippen LogP contribution in [0.2, 0.25) is 0 Å². The average Bonchev–Trinajstić information content (AvgIpc) is 3.27. The second-order valence-electron chi connectivity index (χ2n) is 9.65. The summed E-state index contributed by atoms with van der Waals surface area (Å²) in [6.07, 6.45) is 5.46. The van der Waals surface area contributed by atoms with Crippen LogP contribution < -0.4 is 10.2 Å². The molecule has 1 saturated carbocycles. The molecular weight excluding hydrogens is 455 g/mol. The number of hydrogen-bond acceptors (Lipinski definition) is 6. The monoisotopic (exact) mass is 479 g/mol. The summed E-state index contributed by atoms with van der Waals surface area (Å²) < 4.78 is 43.4. The third-order valence-electron chi connectivity index (χ3n) is 7.62. The van der Waals surface area contributed by atoms with Crippen LogP contribution in [0.5, 0.6) is 0 Å². The van der Waals surface area contributed by atoms with Crippen LogP contribution in [0.3, 0.4) is 0 Å². The van der Waals surface area contributed by atoms with Gasteiger partial charge in [-0.1, -0.05) is 0 Å². The minimum atomic E-state index is -1.50. The van der Waals surface area contributed by atoms with Gasteiger partial charge < -0.3 is 10.2 Å². The average molecular weight is 480 g/mol. The molecule has 7 nitrogen and oxygen atoms in total. The zero-order valence-electron chi connectivity index (χ0n) is 19.3. The molecule has 1 aromatic carbocycles. The molecule has 3 atom stereocenters. The highest BCUT2D eigenvalue weighted by molar-refractivity contribution is 5.78. The predicted molar refractivity (Wildman–Crippen MR) is 126 cm³/mol. The number of aryl methyl sites for hydroxylation is 1. The number of nitrogens with zero attached hydrogens (tertiary/aromatic N) is 6. The maximum absolute atomic E-state index is 14.5. The minimum absolute atomic E-state index is 0.0619. The Bertz CT molecular complexity index is 1420. The van der Waals surface area contributed by atoms with Crippen molar-refractivity contribution in [1.82, 2.24) is 24.6 Å².